The van der Waals surface area contributed by atoms with Gasteiger partial charge < -0.3 is 10.2 Å². The van der Waals surface area contributed by atoms with Gasteiger partial charge in [-0.3, -0.25) is 9.59 Å². The van der Waals surface area contributed by atoms with Crippen LogP contribution in [0.2, 0.25) is 0 Å². The Morgan fingerprint density at radius 3 is 2.32 bits per heavy atom. The molecule has 0 fully saturated rings. The first kappa shape index (κ1) is 29.2. The standard InChI is InChI=1S/C32H44N4O2/c1-8-9-19-35(29(38)20-23(2)21-32(5,6)7)22-28(37)33-31-30(26-16-11-10-12-17-26)25(4)34-36(31)27-18-14-13-15-24(27)3/h10-18,23H,8-9,19-22H2,1-7H3,(H,33,37). The van der Waals surface area contributed by atoms with Gasteiger partial charge in [0.05, 0.1) is 17.9 Å². The summed E-state index contributed by atoms with van der Waals surface area (Å²) in [5.74, 6) is 0.698. The molecule has 3 rings (SSSR count). The van der Waals surface area contributed by atoms with Crippen molar-refractivity contribution in [3.63, 3.8) is 0 Å². The molecule has 2 amide bonds. The van der Waals surface area contributed by atoms with Gasteiger partial charge in [-0.15, -0.1) is 0 Å². The number of para-hydroxylation sites is 1. The molecule has 0 radical (unpaired) electrons. The predicted octanol–water partition coefficient (Wildman–Crippen LogP) is 7.19. The van der Waals surface area contributed by atoms with Crippen LogP contribution in [0.25, 0.3) is 16.8 Å². The van der Waals surface area contributed by atoms with E-state index in [-0.39, 0.29) is 29.7 Å². The van der Waals surface area contributed by atoms with Gasteiger partial charge in [0.1, 0.15) is 5.82 Å². The summed E-state index contributed by atoms with van der Waals surface area (Å²) in [5, 5.41) is 7.97. The van der Waals surface area contributed by atoms with E-state index in [0.29, 0.717) is 18.8 Å². The summed E-state index contributed by atoms with van der Waals surface area (Å²) in [7, 11) is 0. The minimum atomic E-state index is -0.218. The summed E-state index contributed by atoms with van der Waals surface area (Å²) < 4.78 is 1.81. The van der Waals surface area contributed by atoms with Gasteiger partial charge in [0.25, 0.3) is 0 Å². The smallest absolute Gasteiger partial charge is 0.245 e. The number of rotatable bonds is 11. The number of amides is 2. The Balaban J connectivity index is 1.90. The second-order valence-corrected chi connectivity index (χ2v) is 11.7. The fraction of sp³-hybridized carbons (Fsp3) is 0.469. The lowest BCUT2D eigenvalue weighted by molar-refractivity contribution is -0.135. The topological polar surface area (TPSA) is 67.2 Å². The van der Waals surface area contributed by atoms with Crippen LogP contribution in [-0.2, 0) is 9.59 Å². The molecule has 1 unspecified atom stereocenters. The minimum absolute atomic E-state index is 0.0211. The molecular weight excluding hydrogens is 472 g/mol. The van der Waals surface area contributed by atoms with Crippen LogP contribution >= 0.6 is 0 Å². The number of hydrogen-bond acceptors (Lipinski definition) is 3. The molecule has 0 aliphatic heterocycles. The Kier molecular flexibility index (Phi) is 9.90. The van der Waals surface area contributed by atoms with E-state index in [1.165, 1.54) is 0 Å². The number of aromatic nitrogens is 2. The molecule has 3 aromatic rings. The van der Waals surface area contributed by atoms with Crippen molar-refractivity contribution in [2.75, 3.05) is 18.4 Å². The van der Waals surface area contributed by atoms with Gasteiger partial charge in [0, 0.05) is 18.5 Å². The van der Waals surface area contributed by atoms with E-state index >= 15 is 0 Å². The Morgan fingerprint density at radius 1 is 1.03 bits per heavy atom. The number of nitrogens with zero attached hydrogens (tertiary/aromatic N) is 3. The van der Waals surface area contributed by atoms with E-state index in [0.717, 1.165) is 47.3 Å². The van der Waals surface area contributed by atoms with Gasteiger partial charge in [-0.1, -0.05) is 89.6 Å². The molecule has 0 aliphatic rings. The number of hydrogen-bond donors (Lipinski definition) is 1. The molecule has 38 heavy (non-hydrogen) atoms. The molecule has 0 saturated carbocycles. The van der Waals surface area contributed by atoms with E-state index in [2.05, 4.69) is 39.9 Å². The van der Waals surface area contributed by atoms with Crippen molar-refractivity contribution in [2.45, 2.75) is 74.1 Å². The largest absolute Gasteiger partial charge is 0.333 e. The summed E-state index contributed by atoms with van der Waals surface area (Å²) in [6.07, 6.45) is 3.23. The molecule has 1 heterocycles. The van der Waals surface area contributed by atoms with Gasteiger partial charge in [-0.2, -0.15) is 5.10 Å². The molecule has 204 valence electrons. The highest BCUT2D eigenvalue weighted by molar-refractivity contribution is 5.98. The van der Waals surface area contributed by atoms with Crippen LogP contribution in [-0.4, -0.2) is 39.6 Å². The number of carbonyl (C=O) groups is 2. The SMILES string of the molecule is CCCCN(CC(=O)Nc1c(-c2ccccc2)c(C)nn1-c1ccccc1C)C(=O)CC(C)CC(C)(C)C. The first-order chi connectivity index (χ1) is 18.0. The molecule has 1 aromatic heterocycles. The van der Waals surface area contributed by atoms with Gasteiger partial charge in [0.15, 0.2) is 0 Å². The first-order valence-electron chi connectivity index (χ1n) is 13.8. The zero-order chi connectivity index (χ0) is 27.9. The highest BCUT2D eigenvalue weighted by Gasteiger charge is 2.25. The number of nitrogens with one attached hydrogen (secondary N) is 1. The van der Waals surface area contributed by atoms with Crippen LogP contribution in [0.4, 0.5) is 5.82 Å². The van der Waals surface area contributed by atoms with Gasteiger partial charge in [0.2, 0.25) is 11.8 Å². The number of benzene rings is 2. The van der Waals surface area contributed by atoms with Crippen LogP contribution in [0.3, 0.4) is 0 Å². The maximum absolute atomic E-state index is 13.5. The van der Waals surface area contributed by atoms with Gasteiger partial charge in [-0.25, -0.2) is 4.68 Å². The van der Waals surface area contributed by atoms with E-state index < -0.39 is 0 Å². The predicted molar refractivity (Wildman–Crippen MR) is 156 cm³/mol. The highest BCUT2D eigenvalue weighted by Crippen LogP contribution is 2.34. The number of carbonyl (C=O) groups excluding carboxylic acids is 2. The van der Waals surface area contributed by atoms with Crippen LogP contribution in [0.1, 0.15) is 71.6 Å². The van der Waals surface area contributed by atoms with Crippen LogP contribution in [0.5, 0.6) is 0 Å². The molecule has 1 atom stereocenters. The molecule has 6 heteroatoms. The summed E-state index contributed by atoms with van der Waals surface area (Å²) >= 11 is 0. The van der Waals surface area contributed by atoms with Crippen molar-refractivity contribution in [3.8, 4) is 16.8 Å². The third-order valence-electron chi connectivity index (χ3n) is 6.68. The fourth-order valence-electron chi connectivity index (χ4n) is 5.10. The van der Waals surface area contributed by atoms with E-state index in [1.807, 2.05) is 73.1 Å². The normalized spacial score (nSPS) is 12.3. The van der Waals surface area contributed by atoms with Crippen molar-refractivity contribution in [2.24, 2.45) is 11.3 Å². The first-order valence-corrected chi connectivity index (χ1v) is 13.8. The van der Waals surface area contributed by atoms with Gasteiger partial charge >= 0.3 is 0 Å². The number of aryl methyl sites for hydroxylation is 2. The van der Waals surface area contributed by atoms with Crippen molar-refractivity contribution in [1.29, 1.82) is 0 Å². The quantitative estimate of drug-likeness (QED) is 0.293. The molecule has 6 nitrogen and oxygen atoms in total. The van der Waals surface area contributed by atoms with Crippen molar-refractivity contribution < 1.29 is 9.59 Å². The monoisotopic (exact) mass is 516 g/mol. The lowest BCUT2D eigenvalue weighted by Gasteiger charge is -2.27. The average Bonchev–Trinajstić information content (AvgIpc) is 3.16. The van der Waals surface area contributed by atoms with Gasteiger partial charge in [-0.05, 0) is 55.2 Å². The molecule has 0 bridgehead atoms. The zero-order valence-corrected chi connectivity index (χ0v) is 24.2. The molecule has 0 spiro atoms. The zero-order valence-electron chi connectivity index (χ0n) is 24.2. The maximum atomic E-state index is 13.5. The Morgan fingerprint density at radius 2 is 1.68 bits per heavy atom. The average molecular weight is 517 g/mol. The van der Waals surface area contributed by atoms with E-state index in [9.17, 15) is 9.59 Å². The highest BCUT2D eigenvalue weighted by atomic mass is 16.2. The van der Waals surface area contributed by atoms with Crippen LogP contribution in [0, 0.1) is 25.2 Å². The third-order valence-corrected chi connectivity index (χ3v) is 6.68. The number of unbranched alkanes of at least 4 members (excludes halogenated alkanes) is 1. The van der Waals surface area contributed by atoms with Crippen LogP contribution < -0.4 is 5.32 Å². The Labute approximate surface area is 228 Å². The number of anilines is 1. The van der Waals surface area contributed by atoms with E-state index in [4.69, 9.17) is 5.10 Å². The van der Waals surface area contributed by atoms with Crippen molar-refractivity contribution in [1.82, 2.24) is 14.7 Å². The lowest BCUT2D eigenvalue weighted by atomic mass is 9.84. The molecular formula is C32H44N4O2. The third kappa shape index (κ3) is 7.80. The summed E-state index contributed by atoms with van der Waals surface area (Å²) in [4.78, 5) is 28.5. The lowest BCUT2D eigenvalue weighted by Crippen LogP contribution is -2.39. The van der Waals surface area contributed by atoms with E-state index in [1.54, 1.807) is 4.90 Å². The molecule has 1 N–H and O–H groups in total. The minimum Gasteiger partial charge on any atom is -0.333 e. The molecule has 0 saturated heterocycles. The van der Waals surface area contributed by atoms with Crippen molar-refractivity contribution in [3.05, 3.63) is 65.9 Å². The second kappa shape index (κ2) is 12.9. The summed E-state index contributed by atoms with van der Waals surface area (Å²) in [6.45, 7) is 15.4. The maximum Gasteiger partial charge on any atom is 0.245 e. The summed E-state index contributed by atoms with van der Waals surface area (Å²) in [5.41, 5.74) is 4.80. The van der Waals surface area contributed by atoms with Crippen LogP contribution in [0.15, 0.2) is 54.6 Å². The fourth-order valence-corrected chi connectivity index (χ4v) is 5.10. The van der Waals surface area contributed by atoms with Crippen molar-refractivity contribution >= 4 is 17.6 Å². The molecule has 2 aromatic carbocycles. The Bertz CT molecular complexity index is 1220. The molecule has 0 aliphatic carbocycles. The Hall–Kier alpha value is -3.41. The second-order valence-electron chi connectivity index (χ2n) is 11.7. The summed E-state index contributed by atoms with van der Waals surface area (Å²) in [6, 6.07) is 18.0.